The summed E-state index contributed by atoms with van der Waals surface area (Å²) >= 11 is 0. The molecule has 3 rings (SSSR count). The van der Waals surface area contributed by atoms with Crippen molar-refractivity contribution >= 4 is 28.0 Å². The van der Waals surface area contributed by atoms with E-state index in [0.29, 0.717) is 12.1 Å². The van der Waals surface area contributed by atoms with Crippen LogP contribution in [0.15, 0.2) is 48.7 Å². The number of rotatable bonds is 4. The zero-order valence-electron chi connectivity index (χ0n) is 14.2. The summed E-state index contributed by atoms with van der Waals surface area (Å²) in [7, 11) is 1.67. The maximum absolute atomic E-state index is 10.4. The predicted molar refractivity (Wildman–Crippen MR) is 96.4 cm³/mol. The van der Waals surface area contributed by atoms with Gasteiger partial charge in [0.25, 0.3) is 11.4 Å². The van der Waals surface area contributed by atoms with Crippen molar-refractivity contribution in [3.8, 4) is 11.5 Å². The minimum atomic E-state index is -1.21. The van der Waals surface area contributed by atoms with E-state index < -0.39 is 37.6 Å². The van der Waals surface area contributed by atoms with Gasteiger partial charge in [-0.2, -0.15) is 0 Å². The number of hydrogen-bond acceptors (Lipinski definition) is 9. The topological polar surface area (TPSA) is 172 Å². The highest BCUT2D eigenvalue weighted by molar-refractivity contribution is 5.84. The lowest BCUT2D eigenvalue weighted by molar-refractivity contribution is -0.404. The van der Waals surface area contributed by atoms with Crippen LogP contribution in [-0.2, 0) is 0 Å². The van der Waals surface area contributed by atoms with Crippen LogP contribution < -0.4 is 4.74 Å². The standard InChI is InChI=1S/C10H9NO.C6H3N3O7/c1-12-10-6-7-11-9-5-3-2-4-8(9)10;10-6-4(8(13)14)1-3(7(11)12)2-5(6)9(15)16/h2-7H,1H3;1-2,10H. The zero-order valence-corrected chi connectivity index (χ0v) is 14.2. The van der Waals surface area contributed by atoms with Crippen LogP contribution in [-0.4, -0.2) is 32.0 Å². The molecule has 0 aliphatic rings. The van der Waals surface area contributed by atoms with Gasteiger partial charge in [0, 0.05) is 11.6 Å². The Kier molecular flexibility index (Phi) is 5.96. The van der Waals surface area contributed by atoms with Crippen LogP contribution in [0.5, 0.6) is 11.5 Å². The first-order chi connectivity index (χ1) is 13.3. The van der Waals surface area contributed by atoms with E-state index in [1.165, 1.54) is 0 Å². The Morgan fingerprint density at radius 2 is 1.50 bits per heavy atom. The maximum Gasteiger partial charge on any atom is 0.324 e. The molecular weight excluding hydrogens is 376 g/mol. The molecule has 2 aromatic carbocycles. The Balaban J connectivity index is 0.000000207. The van der Waals surface area contributed by atoms with Crippen LogP contribution in [0.2, 0.25) is 0 Å². The van der Waals surface area contributed by atoms with Crippen molar-refractivity contribution in [2.75, 3.05) is 7.11 Å². The van der Waals surface area contributed by atoms with E-state index in [9.17, 15) is 30.3 Å². The average molecular weight is 388 g/mol. The second kappa shape index (κ2) is 8.35. The van der Waals surface area contributed by atoms with Crippen LogP contribution in [0, 0.1) is 30.3 Å². The summed E-state index contributed by atoms with van der Waals surface area (Å²) in [6, 6.07) is 10.7. The Morgan fingerprint density at radius 3 is 2.00 bits per heavy atom. The van der Waals surface area contributed by atoms with Crippen LogP contribution >= 0.6 is 0 Å². The second-order valence-corrected chi connectivity index (χ2v) is 5.13. The molecule has 0 saturated carbocycles. The summed E-state index contributed by atoms with van der Waals surface area (Å²) in [6.07, 6.45) is 1.75. The van der Waals surface area contributed by atoms with Gasteiger partial charge in [-0.15, -0.1) is 0 Å². The number of nitro benzene ring substituents is 3. The molecule has 1 aromatic heterocycles. The number of aromatic nitrogens is 1. The van der Waals surface area contributed by atoms with Gasteiger partial charge in [-0.25, -0.2) is 0 Å². The Labute approximate surface area is 156 Å². The molecule has 0 aliphatic heterocycles. The molecule has 0 amide bonds. The van der Waals surface area contributed by atoms with E-state index in [2.05, 4.69) is 4.98 Å². The minimum Gasteiger partial charge on any atom is -0.497 e. The Bertz CT molecular complexity index is 1030. The lowest BCUT2D eigenvalue weighted by Crippen LogP contribution is -1.97. The molecule has 12 heteroatoms. The summed E-state index contributed by atoms with van der Waals surface area (Å²) < 4.78 is 5.19. The number of aromatic hydroxyl groups is 1. The Hall–Kier alpha value is -4.35. The smallest absolute Gasteiger partial charge is 0.324 e. The molecule has 12 nitrogen and oxygen atoms in total. The lowest BCUT2D eigenvalue weighted by Gasteiger charge is -2.02. The number of phenols is 1. The van der Waals surface area contributed by atoms with Crippen molar-refractivity contribution in [2.45, 2.75) is 0 Å². The third-order valence-electron chi connectivity index (χ3n) is 3.49. The molecule has 144 valence electrons. The summed E-state index contributed by atoms with van der Waals surface area (Å²) in [5.74, 6) is -0.332. The fraction of sp³-hybridized carbons (Fsp3) is 0.0625. The predicted octanol–water partition coefficient (Wildman–Crippen LogP) is 3.36. The average Bonchev–Trinajstić information content (AvgIpc) is 2.67. The molecule has 0 radical (unpaired) electrons. The fourth-order valence-electron chi connectivity index (χ4n) is 2.22. The van der Waals surface area contributed by atoms with Gasteiger partial charge < -0.3 is 9.84 Å². The number of nitrogens with zero attached hydrogens (tertiary/aromatic N) is 4. The van der Waals surface area contributed by atoms with Crippen molar-refractivity contribution < 1.29 is 24.6 Å². The van der Waals surface area contributed by atoms with Crippen molar-refractivity contribution in [1.29, 1.82) is 0 Å². The third kappa shape index (κ3) is 4.24. The molecule has 0 fully saturated rings. The molecule has 0 spiro atoms. The molecule has 0 unspecified atom stereocenters. The highest BCUT2D eigenvalue weighted by Gasteiger charge is 2.30. The van der Waals surface area contributed by atoms with Gasteiger partial charge in [0.1, 0.15) is 5.75 Å². The molecule has 0 saturated heterocycles. The molecule has 0 bridgehead atoms. The van der Waals surface area contributed by atoms with E-state index in [1.807, 2.05) is 30.3 Å². The number of methoxy groups -OCH3 is 1. The number of nitro groups is 3. The Morgan fingerprint density at radius 1 is 0.929 bits per heavy atom. The first-order valence-electron chi connectivity index (χ1n) is 7.44. The van der Waals surface area contributed by atoms with Gasteiger partial charge in [-0.05, 0) is 18.2 Å². The van der Waals surface area contributed by atoms with Gasteiger partial charge in [-0.1, -0.05) is 12.1 Å². The summed E-state index contributed by atoms with van der Waals surface area (Å²) in [5, 5.41) is 41.3. The van der Waals surface area contributed by atoms with E-state index >= 15 is 0 Å². The SMILES string of the molecule is COc1ccnc2ccccc12.O=[N+]([O-])c1cc([N+](=O)[O-])c(O)c([N+](=O)[O-])c1. The monoisotopic (exact) mass is 388 g/mol. The minimum absolute atomic E-state index is 0.447. The number of phenolic OH excluding ortho intramolecular Hbond substituents is 1. The maximum atomic E-state index is 10.4. The first-order valence-corrected chi connectivity index (χ1v) is 7.44. The van der Waals surface area contributed by atoms with E-state index in [0.717, 1.165) is 16.7 Å². The van der Waals surface area contributed by atoms with Gasteiger partial charge in [-0.3, -0.25) is 35.3 Å². The number of non-ortho nitro benzene ring substituents is 1. The largest absolute Gasteiger partial charge is 0.497 e. The summed E-state index contributed by atoms with van der Waals surface area (Å²) in [6.45, 7) is 0. The van der Waals surface area contributed by atoms with Gasteiger partial charge in [0.15, 0.2) is 0 Å². The zero-order chi connectivity index (χ0) is 20.8. The van der Waals surface area contributed by atoms with Gasteiger partial charge in [0.05, 0.1) is 39.5 Å². The van der Waals surface area contributed by atoms with Crippen molar-refractivity contribution in [1.82, 2.24) is 4.98 Å². The van der Waals surface area contributed by atoms with Crippen molar-refractivity contribution in [2.24, 2.45) is 0 Å². The van der Waals surface area contributed by atoms with E-state index in [4.69, 9.17) is 9.84 Å². The molecule has 3 aromatic rings. The first kappa shape index (κ1) is 20.0. The molecular formula is C16H12N4O8. The second-order valence-electron chi connectivity index (χ2n) is 5.13. The van der Waals surface area contributed by atoms with Crippen LogP contribution in [0.25, 0.3) is 10.9 Å². The van der Waals surface area contributed by atoms with Crippen molar-refractivity contribution in [3.05, 3.63) is 79.0 Å². The molecule has 28 heavy (non-hydrogen) atoms. The van der Waals surface area contributed by atoms with Crippen molar-refractivity contribution in [3.63, 3.8) is 0 Å². The number of pyridine rings is 1. The summed E-state index contributed by atoms with van der Waals surface area (Å²) in [4.78, 5) is 32.0. The molecule has 0 atom stereocenters. The third-order valence-corrected chi connectivity index (χ3v) is 3.49. The quantitative estimate of drug-likeness (QED) is 0.519. The highest BCUT2D eigenvalue weighted by Crippen LogP contribution is 2.38. The molecule has 1 N–H and O–H groups in total. The normalized spacial score (nSPS) is 9.89. The fourth-order valence-corrected chi connectivity index (χ4v) is 2.22. The van der Waals surface area contributed by atoms with E-state index in [-0.39, 0.29) is 0 Å². The number of benzene rings is 2. The number of para-hydroxylation sites is 1. The number of hydrogen-bond donors (Lipinski definition) is 1. The summed E-state index contributed by atoms with van der Waals surface area (Å²) in [5.41, 5.74) is -2.03. The molecule has 0 aliphatic carbocycles. The van der Waals surface area contributed by atoms with Crippen LogP contribution in [0.3, 0.4) is 0 Å². The lowest BCUT2D eigenvalue weighted by atomic mass is 10.2. The van der Waals surface area contributed by atoms with Gasteiger partial charge in [0.2, 0.25) is 0 Å². The number of fused-ring (bicyclic) bond motifs is 1. The highest BCUT2D eigenvalue weighted by atomic mass is 16.6. The molecule has 1 heterocycles. The van der Waals surface area contributed by atoms with Crippen LogP contribution in [0.1, 0.15) is 0 Å². The van der Waals surface area contributed by atoms with E-state index in [1.54, 1.807) is 13.3 Å². The number of ether oxygens (including phenoxy) is 1. The van der Waals surface area contributed by atoms with Gasteiger partial charge >= 0.3 is 11.4 Å². The van der Waals surface area contributed by atoms with Crippen LogP contribution in [0.4, 0.5) is 17.1 Å².